The number of rotatable bonds is 5. The molecule has 1 aromatic heterocycles. The predicted octanol–water partition coefficient (Wildman–Crippen LogP) is 2.97. The summed E-state index contributed by atoms with van der Waals surface area (Å²) in [4.78, 5) is 11.0. The van der Waals surface area contributed by atoms with Crippen LogP contribution in [0.2, 0.25) is 0 Å². The van der Waals surface area contributed by atoms with Gasteiger partial charge in [-0.25, -0.2) is 23.1 Å². The molecular weight excluding hydrogens is 360 g/mol. The van der Waals surface area contributed by atoms with Gasteiger partial charge in [0.1, 0.15) is 0 Å². The second-order valence-electron chi connectivity index (χ2n) is 8.11. The lowest BCUT2D eigenvalue weighted by Crippen LogP contribution is -2.39. The summed E-state index contributed by atoms with van der Waals surface area (Å²) in [5.74, 6) is 1.07. The minimum atomic E-state index is -3.48. The Bertz CT molecular complexity index is 838. The summed E-state index contributed by atoms with van der Waals surface area (Å²) in [7, 11) is -3.48. The first-order valence-corrected chi connectivity index (χ1v) is 10.9. The summed E-state index contributed by atoms with van der Waals surface area (Å²) in [5.41, 5.74) is 1.13. The molecule has 2 aromatic rings. The van der Waals surface area contributed by atoms with Crippen LogP contribution in [0, 0.1) is 5.92 Å². The van der Waals surface area contributed by atoms with Crippen molar-refractivity contribution >= 4 is 16.0 Å². The van der Waals surface area contributed by atoms with E-state index in [0.717, 1.165) is 37.4 Å². The van der Waals surface area contributed by atoms with Crippen molar-refractivity contribution in [1.29, 1.82) is 0 Å². The van der Waals surface area contributed by atoms with Crippen LogP contribution in [0.5, 0.6) is 0 Å². The molecule has 146 valence electrons. The molecule has 0 bridgehead atoms. The number of nitrogens with one attached hydrogen (secondary N) is 1. The van der Waals surface area contributed by atoms with Crippen molar-refractivity contribution < 1.29 is 8.42 Å². The van der Waals surface area contributed by atoms with Crippen LogP contribution in [0.15, 0.2) is 47.6 Å². The molecule has 1 aromatic carbocycles. The van der Waals surface area contributed by atoms with Gasteiger partial charge in [0, 0.05) is 32.0 Å². The van der Waals surface area contributed by atoms with Crippen LogP contribution in [0.4, 0.5) is 5.95 Å². The van der Waals surface area contributed by atoms with E-state index >= 15 is 0 Å². The predicted molar refractivity (Wildman–Crippen MR) is 107 cm³/mol. The van der Waals surface area contributed by atoms with Gasteiger partial charge in [0.05, 0.1) is 4.90 Å². The molecule has 0 saturated carbocycles. The average Bonchev–Trinajstić information content (AvgIpc) is 2.67. The number of anilines is 1. The minimum absolute atomic E-state index is 0.00611. The molecule has 3 rings (SSSR count). The molecule has 0 aliphatic carbocycles. The zero-order valence-corrected chi connectivity index (χ0v) is 17.0. The largest absolute Gasteiger partial charge is 0.341 e. The first-order valence-electron chi connectivity index (χ1n) is 9.38. The van der Waals surface area contributed by atoms with E-state index in [-0.39, 0.29) is 5.41 Å². The Morgan fingerprint density at radius 2 is 1.67 bits per heavy atom. The molecule has 6 nitrogen and oxygen atoms in total. The molecule has 1 aliphatic rings. The van der Waals surface area contributed by atoms with Crippen molar-refractivity contribution in [2.75, 3.05) is 24.5 Å². The smallest absolute Gasteiger partial charge is 0.240 e. The molecule has 0 unspecified atom stereocenters. The van der Waals surface area contributed by atoms with Crippen LogP contribution >= 0.6 is 0 Å². The summed E-state index contributed by atoms with van der Waals surface area (Å²) in [6.45, 7) is 8.49. The van der Waals surface area contributed by atoms with Crippen LogP contribution in [-0.2, 0) is 15.4 Å². The van der Waals surface area contributed by atoms with Gasteiger partial charge in [0.25, 0.3) is 0 Å². The van der Waals surface area contributed by atoms with E-state index in [9.17, 15) is 8.42 Å². The van der Waals surface area contributed by atoms with E-state index in [2.05, 4.69) is 40.4 Å². The molecule has 1 saturated heterocycles. The van der Waals surface area contributed by atoms with Gasteiger partial charge in [-0.2, -0.15) is 0 Å². The fraction of sp³-hybridized carbons (Fsp3) is 0.500. The van der Waals surface area contributed by atoms with Crippen LogP contribution in [0.25, 0.3) is 0 Å². The van der Waals surface area contributed by atoms with Gasteiger partial charge in [-0.15, -0.1) is 0 Å². The Hall–Kier alpha value is -1.99. The third-order valence-corrected chi connectivity index (χ3v) is 6.48. The number of sulfonamides is 1. The normalized spacial score (nSPS) is 16.5. The SMILES string of the molecule is CC(C)(C)c1ccc(S(=O)(=O)NCC2CCN(c3ncccn3)CC2)cc1. The van der Waals surface area contributed by atoms with E-state index in [0.29, 0.717) is 17.4 Å². The van der Waals surface area contributed by atoms with Crippen LogP contribution in [0.1, 0.15) is 39.2 Å². The maximum absolute atomic E-state index is 12.6. The van der Waals surface area contributed by atoms with Gasteiger partial charge in [-0.3, -0.25) is 0 Å². The zero-order chi connectivity index (χ0) is 19.5. The fourth-order valence-corrected chi connectivity index (χ4v) is 4.35. The highest BCUT2D eigenvalue weighted by atomic mass is 32.2. The van der Waals surface area contributed by atoms with Crippen LogP contribution < -0.4 is 9.62 Å². The average molecular weight is 389 g/mol. The van der Waals surface area contributed by atoms with E-state index in [1.807, 2.05) is 12.1 Å². The molecule has 0 radical (unpaired) electrons. The molecule has 27 heavy (non-hydrogen) atoms. The third-order valence-electron chi connectivity index (χ3n) is 5.04. The fourth-order valence-electron chi connectivity index (χ4n) is 3.24. The molecule has 1 N–H and O–H groups in total. The van der Waals surface area contributed by atoms with Gasteiger partial charge < -0.3 is 4.90 Å². The Morgan fingerprint density at radius 3 is 2.22 bits per heavy atom. The molecule has 7 heteroatoms. The number of benzene rings is 1. The van der Waals surface area contributed by atoms with Crippen molar-refractivity contribution in [2.45, 2.75) is 43.9 Å². The summed E-state index contributed by atoms with van der Waals surface area (Å²) in [6.07, 6.45) is 5.33. The standard InChI is InChI=1S/C20H28N4O2S/c1-20(2,3)17-5-7-18(8-6-17)27(25,26)23-15-16-9-13-24(14-10-16)19-21-11-4-12-22-19/h4-8,11-12,16,23H,9-10,13-15H2,1-3H3. The van der Waals surface area contributed by atoms with Crippen molar-refractivity contribution in [3.8, 4) is 0 Å². The highest BCUT2D eigenvalue weighted by Crippen LogP contribution is 2.24. The monoisotopic (exact) mass is 388 g/mol. The molecular formula is C20H28N4O2S. The van der Waals surface area contributed by atoms with Gasteiger partial charge in [0.2, 0.25) is 16.0 Å². The zero-order valence-electron chi connectivity index (χ0n) is 16.2. The molecule has 0 atom stereocenters. The van der Waals surface area contributed by atoms with E-state index in [1.54, 1.807) is 30.6 Å². The quantitative estimate of drug-likeness (QED) is 0.852. The topological polar surface area (TPSA) is 75.2 Å². The summed E-state index contributed by atoms with van der Waals surface area (Å²) in [5, 5.41) is 0. The van der Waals surface area contributed by atoms with E-state index in [4.69, 9.17) is 0 Å². The van der Waals surface area contributed by atoms with Crippen molar-refractivity contribution in [3.05, 3.63) is 48.3 Å². The number of hydrogen-bond donors (Lipinski definition) is 1. The Morgan fingerprint density at radius 1 is 1.07 bits per heavy atom. The molecule has 0 amide bonds. The first-order chi connectivity index (χ1) is 12.8. The second-order valence-corrected chi connectivity index (χ2v) is 9.87. The van der Waals surface area contributed by atoms with E-state index < -0.39 is 10.0 Å². The summed E-state index contributed by atoms with van der Waals surface area (Å²) < 4.78 is 27.9. The number of piperidine rings is 1. The van der Waals surface area contributed by atoms with Crippen LogP contribution in [0.3, 0.4) is 0 Å². The van der Waals surface area contributed by atoms with Gasteiger partial charge in [0.15, 0.2) is 0 Å². The Labute approximate surface area is 162 Å². The molecule has 0 spiro atoms. The Balaban J connectivity index is 1.54. The molecule has 2 heterocycles. The number of aromatic nitrogens is 2. The molecule has 1 aliphatic heterocycles. The summed E-state index contributed by atoms with van der Waals surface area (Å²) >= 11 is 0. The van der Waals surface area contributed by atoms with Crippen LogP contribution in [-0.4, -0.2) is 38.0 Å². The second kappa shape index (κ2) is 7.94. The minimum Gasteiger partial charge on any atom is -0.341 e. The van der Waals surface area contributed by atoms with Gasteiger partial charge in [-0.1, -0.05) is 32.9 Å². The highest BCUT2D eigenvalue weighted by molar-refractivity contribution is 7.89. The van der Waals surface area contributed by atoms with Crippen molar-refractivity contribution in [1.82, 2.24) is 14.7 Å². The maximum Gasteiger partial charge on any atom is 0.240 e. The maximum atomic E-state index is 12.6. The van der Waals surface area contributed by atoms with Crippen molar-refractivity contribution in [3.63, 3.8) is 0 Å². The lowest BCUT2D eigenvalue weighted by atomic mass is 9.87. The highest BCUT2D eigenvalue weighted by Gasteiger charge is 2.23. The van der Waals surface area contributed by atoms with Gasteiger partial charge in [-0.05, 0) is 47.9 Å². The lowest BCUT2D eigenvalue weighted by molar-refractivity contribution is 0.399. The first kappa shape index (κ1) is 19.8. The summed E-state index contributed by atoms with van der Waals surface area (Å²) in [6, 6.07) is 8.98. The molecule has 1 fully saturated rings. The third kappa shape index (κ3) is 5.05. The van der Waals surface area contributed by atoms with Gasteiger partial charge >= 0.3 is 0 Å². The lowest BCUT2D eigenvalue weighted by Gasteiger charge is -2.31. The number of hydrogen-bond acceptors (Lipinski definition) is 5. The van der Waals surface area contributed by atoms with Crippen molar-refractivity contribution in [2.24, 2.45) is 5.92 Å². The van der Waals surface area contributed by atoms with E-state index in [1.165, 1.54) is 0 Å². The Kier molecular flexibility index (Phi) is 5.81. The number of nitrogens with zero attached hydrogens (tertiary/aromatic N) is 3.